The third-order valence-electron chi connectivity index (χ3n) is 3.80. The van der Waals surface area contributed by atoms with Crippen molar-refractivity contribution in [2.75, 3.05) is 13.1 Å². The van der Waals surface area contributed by atoms with E-state index < -0.39 is 0 Å². The first kappa shape index (κ1) is 22.3. The first-order chi connectivity index (χ1) is 12.1. The lowest BCUT2D eigenvalue weighted by Gasteiger charge is -2.12. The Morgan fingerprint density at radius 2 is 2.08 bits per heavy atom. The quantitative estimate of drug-likeness (QED) is 0.251. The Labute approximate surface area is 172 Å². The number of aliphatic imine (C=N–C) groups is 1. The molecule has 144 valence electrons. The highest BCUT2D eigenvalue weighted by atomic mass is 127. The van der Waals surface area contributed by atoms with Gasteiger partial charge < -0.3 is 19.6 Å². The number of nitrogens with one attached hydrogen (secondary N) is 2. The zero-order valence-electron chi connectivity index (χ0n) is 15.8. The van der Waals surface area contributed by atoms with Crippen molar-refractivity contribution in [2.24, 2.45) is 4.99 Å². The number of aryl methyl sites for hydroxylation is 2. The molecule has 2 rings (SSSR count). The highest BCUT2D eigenvalue weighted by Gasteiger charge is 2.13. The Balaban J connectivity index is 0.00000338. The number of rotatable bonds is 9. The van der Waals surface area contributed by atoms with Crippen LogP contribution in [0.4, 0.5) is 0 Å². The molecule has 6 nitrogen and oxygen atoms in total. The second-order valence-electron chi connectivity index (χ2n) is 5.97. The fourth-order valence-corrected chi connectivity index (χ4v) is 2.44. The molecule has 0 aliphatic carbocycles. The monoisotopic (exact) mass is 472 g/mol. The van der Waals surface area contributed by atoms with Gasteiger partial charge in [0.15, 0.2) is 5.96 Å². The van der Waals surface area contributed by atoms with Crippen LogP contribution in [0, 0.1) is 0 Å². The molecular formula is C19H29IN4O2. The lowest BCUT2D eigenvalue weighted by atomic mass is 10.1. The Morgan fingerprint density at radius 3 is 2.69 bits per heavy atom. The molecule has 0 unspecified atom stereocenters. The molecule has 0 saturated heterocycles. The molecule has 0 atom stereocenters. The summed E-state index contributed by atoms with van der Waals surface area (Å²) in [5, 5.41) is 10.8. The number of guanidine groups is 1. The van der Waals surface area contributed by atoms with Gasteiger partial charge in [-0.3, -0.25) is 0 Å². The fourth-order valence-electron chi connectivity index (χ4n) is 2.44. The maximum atomic E-state index is 5.41. The molecule has 7 heteroatoms. The van der Waals surface area contributed by atoms with Gasteiger partial charge >= 0.3 is 0 Å². The molecule has 26 heavy (non-hydrogen) atoms. The minimum Gasteiger partial charge on any atom is -0.469 e. The van der Waals surface area contributed by atoms with Crippen molar-refractivity contribution in [1.82, 2.24) is 15.8 Å². The molecule has 0 bridgehead atoms. The van der Waals surface area contributed by atoms with E-state index in [4.69, 9.17) is 13.9 Å². The van der Waals surface area contributed by atoms with E-state index in [2.05, 4.69) is 36.2 Å². The van der Waals surface area contributed by atoms with E-state index in [1.807, 2.05) is 19.1 Å². The van der Waals surface area contributed by atoms with Gasteiger partial charge in [-0.2, -0.15) is 0 Å². The van der Waals surface area contributed by atoms with Crippen molar-refractivity contribution in [1.29, 1.82) is 0 Å². The molecule has 0 aliphatic heterocycles. The molecule has 0 spiro atoms. The lowest BCUT2D eigenvalue weighted by Crippen LogP contribution is -2.39. The van der Waals surface area contributed by atoms with Crippen molar-refractivity contribution in [3.63, 3.8) is 0 Å². The number of hydrogen-bond acceptors (Lipinski definition) is 4. The minimum absolute atomic E-state index is 0. The van der Waals surface area contributed by atoms with Crippen LogP contribution < -0.4 is 10.6 Å². The smallest absolute Gasteiger partial charge is 0.191 e. The standard InChI is InChI=1S/C19H28N4O2.HI/c1-5-17-16(18(6-2)25-23-17)13-22-19(21-12-14(3)4)20-10-9-15-8-7-11-24-15;/h7-8,11H,3,5-6,9-10,12-13H2,1-2,4H3,(H2,20,21,22);1H. The highest BCUT2D eigenvalue weighted by Crippen LogP contribution is 2.16. The second kappa shape index (κ2) is 11.8. The summed E-state index contributed by atoms with van der Waals surface area (Å²) in [4.78, 5) is 4.70. The minimum atomic E-state index is 0. The summed E-state index contributed by atoms with van der Waals surface area (Å²) >= 11 is 0. The van der Waals surface area contributed by atoms with Gasteiger partial charge in [-0.25, -0.2) is 4.99 Å². The average molecular weight is 472 g/mol. The van der Waals surface area contributed by atoms with Crippen LogP contribution in [0.2, 0.25) is 0 Å². The summed E-state index contributed by atoms with van der Waals surface area (Å²) in [6.45, 7) is 12.0. The van der Waals surface area contributed by atoms with Gasteiger partial charge in [0.05, 0.1) is 18.5 Å². The van der Waals surface area contributed by atoms with Gasteiger partial charge in [-0.1, -0.05) is 31.2 Å². The van der Waals surface area contributed by atoms with E-state index in [-0.39, 0.29) is 24.0 Å². The number of halogens is 1. The van der Waals surface area contributed by atoms with Gasteiger partial charge in [0.25, 0.3) is 0 Å². The number of aromatic nitrogens is 1. The number of nitrogens with zero attached hydrogens (tertiary/aromatic N) is 2. The van der Waals surface area contributed by atoms with Gasteiger partial charge in [0.2, 0.25) is 0 Å². The zero-order chi connectivity index (χ0) is 18.1. The van der Waals surface area contributed by atoms with Crippen LogP contribution in [0.3, 0.4) is 0 Å². The molecule has 0 aromatic carbocycles. The first-order valence-electron chi connectivity index (χ1n) is 8.79. The summed E-state index contributed by atoms with van der Waals surface area (Å²) in [7, 11) is 0. The third-order valence-corrected chi connectivity index (χ3v) is 3.80. The molecular weight excluding hydrogens is 443 g/mol. The van der Waals surface area contributed by atoms with Crippen molar-refractivity contribution in [3.05, 3.63) is 53.3 Å². The Bertz CT molecular complexity index is 671. The fraction of sp³-hybridized carbons (Fsp3) is 0.474. The van der Waals surface area contributed by atoms with Crippen molar-refractivity contribution in [3.8, 4) is 0 Å². The number of furan rings is 1. The second-order valence-corrected chi connectivity index (χ2v) is 5.97. The predicted octanol–water partition coefficient (Wildman–Crippen LogP) is 3.86. The molecule has 0 saturated carbocycles. The van der Waals surface area contributed by atoms with E-state index in [0.29, 0.717) is 13.1 Å². The van der Waals surface area contributed by atoms with Crippen LogP contribution in [0.15, 0.2) is 44.5 Å². The summed E-state index contributed by atoms with van der Waals surface area (Å²) in [6, 6.07) is 3.87. The molecule has 0 amide bonds. The predicted molar refractivity (Wildman–Crippen MR) is 115 cm³/mol. The van der Waals surface area contributed by atoms with Crippen LogP contribution in [0.25, 0.3) is 0 Å². The molecule has 0 aliphatic rings. The Kier molecular flexibility index (Phi) is 10.1. The summed E-state index contributed by atoms with van der Waals surface area (Å²) in [5.41, 5.74) is 3.12. The van der Waals surface area contributed by atoms with Crippen molar-refractivity contribution >= 4 is 29.9 Å². The highest BCUT2D eigenvalue weighted by molar-refractivity contribution is 14.0. The Hall–Kier alpha value is -1.77. The molecule has 2 aromatic rings. The van der Waals surface area contributed by atoms with Gasteiger partial charge in [-0.05, 0) is 25.5 Å². The average Bonchev–Trinajstić information content (AvgIpc) is 3.25. The van der Waals surface area contributed by atoms with E-state index >= 15 is 0 Å². The normalized spacial score (nSPS) is 11.1. The van der Waals surface area contributed by atoms with E-state index in [1.165, 1.54) is 0 Å². The van der Waals surface area contributed by atoms with E-state index in [0.717, 1.165) is 60.1 Å². The van der Waals surface area contributed by atoms with Crippen LogP contribution >= 0.6 is 24.0 Å². The SMILES string of the molecule is C=C(C)CNC(=NCc1c(CC)noc1CC)NCCc1ccco1.I. The summed E-state index contributed by atoms with van der Waals surface area (Å²) in [6.07, 6.45) is 4.15. The summed E-state index contributed by atoms with van der Waals surface area (Å²) < 4.78 is 10.8. The maximum absolute atomic E-state index is 5.41. The van der Waals surface area contributed by atoms with Crippen LogP contribution in [-0.4, -0.2) is 24.2 Å². The Morgan fingerprint density at radius 1 is 1.27 bits per heavy atom. The molecule has 2 N–H and O–H groups in total. The third kappa shape index (κ3) is 6.86. The maximum Gasteiger partial charge on any atom is 0.191 e. The van der Waals surface area contributed by atoms with Gasteiger partial charge in [0, 0.05) is 31.5 Å². The first-order valence-corrected chi connectivity index (χ1v) is 8.79. The lowest BCUT2D eigenvalue weighted by molar-refractivity contribution is 0.380. The van der Waals surface area contributed by atoms with Crippen LogP contribution in [-0.2, 0) is 25.8 Å². The van der Waals surface area contributed by atoms with Crippen LogP contribution in [0.5, 0.6) is 0 Å². The van der Waals surface area contributed by atoms with Crippen LogP contribution in [0.1, 0.15) is 43.5 Å². The van der Waals surface area contributed by atoms with E-state index in [9.17, 15) is 0 Å². The van der Waals surface area contributed by atoms with Crippen molar-refractivity contribution < 1.29 is 8.94 Å². The topological polar surface area (TPSA) is 75.6 Å². The van der Waals surface area contributed by atoms with E-state index in [1.54, 1.807) is 6.26 Å². The largest absolute Gasteiger partial charge is 0.469 e. The molecule has 0 radical (unpaired) electrons. The van der Waals surface area contributed by atoms with Crippen molar-refractivity contribution in [2.45, 2.75) is 46.6 Å². The summed E-state index contributed by atoms with van der Waals surface area (Å²) in [5.74, 6) is 2.61. The zero-order valence-corrected chi connectivity index (χ0v) is 18.1. The number of hydrogen-bond donors (Lipinski definition) is 2. The van der Waals surface area contributed by atoms with Gasteiger partial charge in [-0.15, -0.1) is 24.0 Å². The molecule has 2 aromatic heterocycles. The molecule has 0 fully saturated rings. The molecule has 2 heterocycles. The van der Waals surface area contributed by atoms with Gasteiger partial charge in [0.1, 0.15) is 11.5 Å².